The molecule has 1 saturated carbocycles. The zero-order valence-corrected chi connectivity index (χ0v) is 16.4. The van der Waals surface area contributed by atoms with E-state index in [1.807, 2.05) is 13.8 Å². The maximum atomic E-state index is 11.6. The molecule has 6 heteroatoms. The van der Waals surface area contributed by atoms with Gasteiger partial charge < -0.3 is 15.5 Å². The molecule has 1 fully saturated rings. The Hall–Kier alpha value is -2.47. The number of nitrogens with one attached hydrogen (secondary N) is 1. The van der Waals surface area contributed by atoms with Gasteiger partial charge in [-0.15, -0.1) is 0 Å². The summed E-state index contributed by atoms with van der Waals surface area (Å²) in [5.41, 5.74) is 4.88. The minimum atomic E-state index is -0.711. The van der Waals surface area contributed by atoms with E-state index in [0.717, 1.165) is 12.0 Å². The lowest BCUT2D eigenvalue weighted by Crippen LogP contribution is -2.20. The lowest BCUT2D eigenvalue weighted by atomic mass is 9.89. The molecule has 1 aromatic carbocycles. The first-order valence-electron chi connectivity index (χ1n) is 9.53. The van der Waals surface area contributed by atoms with Crippen LogP contribution in [0.4, 0.5) is 0 Å². The molecule has 0 radical (unpaired) electrons. The van der Waals surface area contributed by atoms with Gasteiger partial charge in [-0.2, -0.15) is 0 Å². The van der Waals surface area contributed by atoms with Gasteiger partial charge in [-0.25, -0.2) is 0 Å². The van der Waals surface area contributed by atoms with Crippen molar-refractivity contribution in [3.63, 3.8) is 0 Å². The molecule has 27 heavy (non-hydrogen) atoms. The standard InChI is InChI=1S/C11H7NO4.C8H17N.C2H6/c12-11(15)8-3-1-2-7-9(14)4-6(5-13)16-10(7)8;1-9-7-8-5-3-2-4-6-8;1-2/h1-5H,(H2,12,15);8-9H,2-7H2,1H3;1-2H3. The number of carbonyl (C=O) groups is 2. The molecular formula is C21H30N2O4. The summed E-state index contributed by atoms with van der Waals surface area (Å²) in [6, 6.07) is 5.53. The average molecular weight is 374 g/mol. The minimum Gasteiger partial charge on any atom is -0.452 e. The molecule has 1 aliphatic carbocycles. The van der Waals surface area contributed by atoms with Crippen LogP contribution in [-0.2, 0) is 0 Å². The number of hydrogen-bond acceptors (Lipinski definition) is 5. The van der Waals surface area contributed by atoms with Crippen LogP contribution in [0.5, 0.6) is 0 Å². The van der Waals surface area contributed by atoms with Crippen LogP contribution in [0.15, 0.2) is 33.5 Å². The SMILES string of the molecule is CC.CNCC1CCCCC1.NC(=O)c1cccc2c(=O)cc(C=O)oc12. The number of carbonyl (C=O) groups excluding carboxylic acids is 2. The van der Waals surface area contributed by atoms with Crippen molar-refractivity contribution in [1.29, 1.82) is 0 Å². The Kier molecular flexibility index (Phi) is 10.0. The average Bonchev–Trinajstić information content (AvgIpc) is 2.70. The van der Waals surface area contributed by atoms with Crippen molar-refractivity contribution in [2.24, 2.45) is 11.7 Å². The van der Waals surface area contributed by atoms with Gasteiger partial charge in [0.05, 0.1) is 10.9 Å². The van der Waals surface area contributed by atoms with Crippen LogP contribution in [0.3, 0.4) is 0 Å². The molecule has 1 aromatic heterocycles. The number of nitrogens with two attached hydrogens (primary N) is 1. The van der Waals surface area contributed by atoms with Crippen molar-refractivity contribution in [3.05, 3.63) is 45.8 Å². The molecule has 2 aromatic rings. The topological polar surface area (TPSA) is 102 Å². The summed E-state index contributed by atoms with van der Waals surface area (Å²) in [7, 11) is 2.05. The highest BCUT2D eigenvalue weighted by Gasteiger charge is 2.12. The summed E-state index contributed by atoms with van der Waals surface area (Å²) in [5.74, 6) is 0.145. The Morgan fingerprint density at radius 3 is 2.48 bits per heavy atom. The Morgan fingerprint density at radius 1 is 1.26 bits per heavy atom. The molecule has 0 saturated heterocycles. The molecule has 6 nitrogen and oxygen atoms in total. The highest BCUT2D eigenvalue weighted by atomic mass is 16.3. The van der Waals surface area contributed by atoms with Gasteiger partial charge in [-0.3, -0.25) is 14.4 Å². The molecule has 0 atom stereocenters. The smallest absolute Gasteiger partial charge is 0.252 e. The number of fused-ring (bicyclic) bond motifs is 1. The van der Waals surface area contributed by atoms with Gasteiger partial charge in [0, 0.05) is 6.07 Å². The fourth-order valence-electron chi connectivity index (χ4n) is 3.13. The van der Waals surface area contributed by atoms with Gasteiger partial charge in [0.15, 0.2) is 23.1 Å². The van der Waals surface area contributed by atoms with Crippen LogP contribution < -0.4 is 16.5 Å². The third kappa shape index (κ3) is 6.64. The first kappa shape index (κ1) is 22.6. The first-order valence-corrected chi connectivity index (χ1v) is 9.53. The molecule has 3 N–H and O–H groups in total. The molecule has 0 spiro atoms. The molecule has 0 aliphatic heterocycles. The largest absolute Gasteiger partial charge is 0.452 e. The molecule has 1 aliphatic rings. The summed E-state index contributed by atoms with van der Waals surface area (Å²) in [6.07, 6.45) is 7.72. The summed E-state index contributed by atoms with van der Waals surface area (Å²) in [6.45, 7) is 5.24. The van der Waals surface area contributed by atoms with Crippen LogP contribution in [-0.4, -0.2) is 25.8 Å². The highest BCUT2D eigenvalue weighted by Crippen LogP contribution is 2.22. The Bertz CT molecular complexity index is 790. The molecule has 1 heterocycles. The zero-order valence-electron chi connectivity index (χ0n) is 16.4. The Morgan fingerprint density at radius 2 is 1.93 bits per heavy atom. The van der Waals surface area contributed by atoms with E-state index in [2.05, 4.69) is 12.4 Å². The number of hydrogen-bond donors (Lipinski definition) is 2. The van der Waals surface area contributed by atoms with E-state index in [1.54, 1.807) is 0 Å². The van der Waals surface area contributed by atoms with E-state index in [9.17, 15) is 14.4 Å². The maximum absolute atomic E-state index is 11.6. The number of rotatable bonds is 4. The second-order valence-electron chi connectivity index (χ2n) is 6.24. The van der Waals surface area contributed by atoms with E-state index >= 15 is 0 Å². The van der Waals surface area contributed by atoms with Crippen molar-refractivity contribution < 1.29 is 14.0 Å². The van der Waals surface area contributed by atoms with E-state index in [-0.39, 0.29) is 27.7 Å². The lowest BCUT2D eigenvalue weighted by molar-refractivity contribution is 0.0999. The number of amides is 1. The summed E-state index contributed by atoms with van der Waals surface area (Å²) < 4.78 is 5.12. The quantitative estimate of drug-likeness (QED) is 0.797. The molecule has 0 bridgehead atoms. The predicted molar refractivity (Wildman–Crippen MR) is 108 cm³/mol. The third-order valence-electron chi connectivity index (χ3n) is 4.37. The number of para-hydroxylation sites is 1. The minimum absolute atomic E-state index is 0.0459. The van der Waals surface area contributed by atoms with Crippen molar-refractivity contribution in [2.45, 2.75) is 46.0 Å². The van der Waals surface area contributed by atoms with Crippen LogP contribution in [0.1, 0.15) is 66.9 Å². The second-order valence-corrected chi connectivity index (χ2v) is 6.24. The van der Waals surface area contributed by atoms with Gasteiger partial charge in [0.1, 0.15) is 0 Å². The predicted octanol–water partition coefficient (Wildman–Crippen LogP) is 3.52. The molecule has 3 rings (SSSR count). The van der Waals surface area contributed by atoms with Crippen LogP contribution in [0.2, 0.25) is 0 Å². The van der Waals surface area contributed by atoms with Gasteiger partial charge in [0.25, 0.3) is 5.91 Å². The van der Waals surface area contributed by atoms with E-state index < -0.39 is 5.91 Å². The fourth-order valence-corrected chi connectivity index (χ4v) is 3.13. The highest BCUT2D eigenvalue weighted by molar-refractivity contribution is 6.04. The molecular weight excluding hydrogens is 344 g/mol. The van der Waals surface area contributed by atoms with Crippen LogP contribution >= 0.6 is 0 Å². The van der Waals surface area contributed by atoms with E-state index in [1.165, 1.54) is 56.8 Å². The molecule has 1 amide bonds. The van der Waals surface area contributed by atoms with Gasteiger partial charge in [-0.1, -0.05) is 39.2 Å². The fraction of sp³-hybridized carbons (Fsp3) is 0.476. The number of primary amides is 1. The normalized spacial score (nSPS) is 13.7. The summed E-state index contributed by atoms with van der Waals surface area (Å²) in [5, 5.41) is 3.46. The molecule has 0 unspecified atom stereocenters. The van der Waals surface area contributed by atoms with Gasteiger partial charge >= 0.3 is 0 Å². The molecule has 148 valence electrons. The second kappa shape index (κ2) is 12.0. The Labute approximate surface area is 160 Å². The monoisotopic (exact) mass is 374 g/mol. The lowest BCUT2D eigenvalue weighted by Gasteiger charge is -2.20. The van der Waals surface area contributed by atoms with E-state index in [4.69, 9.17) is 10.2 Å². The first-order chi connectivity index (χ1) is 13.1. The number of benzene rings is 1. The number of aldehydes is 1. The van der Waals surface area contributed by atoms with Crippen molar-refractivity contribution in [1.82, 2.24) is 5.32 Å². The van der Waals surface area contributed by atoms with Crippen LogP contribution in [0, 0.1) is 5.92 Å². The van der Waals surface area contributed by atoms with E-state index in [0.29, 0.717) is 6.29 Å². The van der Waals surface area contributed by atoms with Crippen molar-refractivity contribution in [3.8, 4) is 0 Å². The third-order valence-corrected chi connectivity index (χ3v) is 4.37. The van der Waals surface area contributed by atoms with Crippen molar-refractivity contribution in [2.75, 3.05) is 13.6 Å². The Balaban J connectivity index is 0.000000282. The van der Waals surface area contributed by atoms with Crippen molar-refractivity contribution >= 4 is 23.2 Å². The maximum Gasteiger partial charge on any atom is 0.252 e. The van der Waals surface area contributed by atoms with Gasteiger partial charge in [0.2, 0.25) is 0 Å². The van der Waals surface area contributed by atoms with Crippen LogP contribution in [0.25, 0.3) is 11.0 Å². The van der Waals surface area contributed by atoms with Gasteiger partial charge in [-0.05, 0) is 44.5 Å². The summed E-state index contributed by atoms with van der Waals surface area (Å²) in [4.78, 5) is 33.2. The zero-order chi connectivity index (χ0) is 20.2. The summed E-state index contributed by atoms with van der Waals surface area (Å²) >= 11 is 0.